The molecule has 0 aliphatic rings. The fourth-order valence-electron chi connectivity index (χ4n) is 1.47. The monoisotopic (exact) mass is 261 g/mol. The number of hydrogen-bond acceptors (Lipinski definition) is 3. The van der Waals surface area contributed by atoms with Crippen molar-refractivity contribution in [2.24, 2.45) is 11.7 Å². The molecule has 0 spiro atoms. The van der Waals surface area contributed by atoms with Gasteiger partial charge in [0.1, 0.15) is 5.91 Å². The summed E-state index contributed by atoms with van der Waals surface area (Å²) in [7, 11) is -0.314. The van der Waals surface area contributed by atoms with Gasteiger partial charge in [-0.15, -0.1) is 0 Å². The Morgan fingerprint density at radius 2 is 1.59 bits per heavy atom. The second-order valence-corrected chi connectivity index (χ2v) is 6.62. The van der Waals surface area contributed by atoms with E-state index in [9.17, 15) is 0 Å². The van der Waals surface area contributed by atoms with Gasteiger partial charge in [0.15, 0.2) is 0 Å². The molecule has 104 valence electrons. The van der Waals surface area contributed by atoms with Crippen LogP contribution in [0.25, 0.3) is 0 Å². The molecule has 2 N–H and O–H groups in total. The molecule has 0 saturated heterocycles. The molecule has 17 heavy (non-hydrogen) atoms. The van der Waals surface area contributed by atoms with Crippen LogP contribution in [0.3, 0.4) is 0 Å². The molecular weight excluding hydrogens is 230 g/mol. The van der Waals surface area contributed by atoms with Gasteiger partial charge in [-0.2, -0.15) is 0 Å². The molecule has 0 bridgehead atoms. The van der Waals surface area contributed by atoms with Crippen molar-refractivity contribution >= 4 is 9.52 Å². The Morgan fingerprint density at radius 1 is 1.06 bits per heavy atom. The van der Waals surface area contributed by atoms with Gasteiger partial charge in [-0.1, -0.05) is 39.7 Å². The molecule has 0 fully saturated rings. The van der Waals surface area contributed by atoms with Crippen LogP contribution in [0.5, 0.6) is 0 Å². The average molecular weight is 261 g/mol. The average Bonchev–Trinajstić information content (AvgIpc) is 2.35. The van der Waals surface area contributed by atoms with Crippen LogP contribution in [0.4, 0.5) is 0 Å². The quantitative estimate of drug-likeness (QED) is 0.332. The predicted molar refractivity (Wildman–Crippen MR) is 77.1 cm³/mol. The Hall–Kier alpha value is 0.0969. The third-order valence-electron chi connectivity index (χ3n) is 2.90. The van der Waals surface area contributed by atoms with Crippen molar-refractivity contribution in [3.8, 4) is 0 Å². The highest BCUT2D eigenvalue weighted by Crippen LogP contribution is 2.06. The summed E-state index contributed by atoms with van der Waals surface area (Å²) in [6.07, 6.45) is 4.63. The van der Waals surface area contributed by atoms with E-state index in [0.29, 0.717) is 5.92 Å². The largest absolute Gasteiger partial charge is 0.357 e. The number of rotatable bonds is 12. The highest BCUT2D eigenvalue weighted by atomic mass is 28.2. The fraction of sp³-hybridized carbons (Fsp3) is 1.00. The lowest BCUT2D eigenvalue weighted by molar-refractivity contribution is -0.0922. The molecule has 0 aliphatic carbocycles. The summed E-state index contributed by atoms with van der Waals surface area (Å²) in [5, 5.41) is 0. The highest BCUT2D eigenvalue weighted by Gasteiger charge is 2.11. The smallest absolute Gasteiger partial charge is 0.134 e. The second-order valence-electron chi connectivity index (χ2n) is 4.80. The lowest BCUT2D eigenvalue weighted by atomic mass is 10.2. The van der Waals surface area contributed by atoms with Gasteiger partial charge in [-0.25, -0.2) is 0 Å². The number of unbranched alkanes of at least 4 members (excludes halogenated alkanes) is 2. The second kappa shape index (κ2) is 12.6. The zero-order chi connectivity index (χ0) is 12.9. The van der Waals surface area contributed by atoms with E-state index in [0.717, 1.165) is 32.6 Å². The van der Waals surface area contributed by atoms with E-state index < -0.39 is 0 Å². The summed E-state index contributed by atoms with van der Waals surface area (Å²) in [6.45, 7) is 9.05. The molecule has 0 aromatic carbocycles. The SMILES string of the molecule is CCCCOC(OCCCC)[SiH2]CC(C)CN. The molecule has 1 unspecified atom stereocenters. The maximum Gasteiger partial charge on any atom is 0.134 e. The van der Waals surface area contributed by atoms with Crippen molar-refractivity contribution in [1.29, 1.82) is 0 Å². The van der Waals surface area contributed by atoms with Crippen molar-refractivity contribution < 1.29 is 9.47 Å². The first-order valence-corrected chi connectivity index (χ1v) is 8.99. The van der Waals surface area contributed by atoms with Crippen LogP contribution in [0.15, 0.2) is 0 Å². The van der Waals surface area contributed by atoms with E-state index in [1.807, 2.05) is 0 Å². The van der Waals surface area contributed by atoms with E-state index >= 15 is 0 Å². The van der Waals surface area contributed by atoms with Crippen molar-refractivity contribution in [1.82, 2.24) is 0 Å². The van der Waals surface area contributed by atoms with Gasteiger partial charge in [0.05, 0.1) is 9.52 Å². The molecule has 0 aromatic rings. The Kier molecular flexibility index (Phi) is 12.6. The van der Waals surface area contributed by atoms with Crippen LogP contribution >= 0.6 is 0 Å². The van der Waals surface area contributed by atoms with E-state index in [-0.39, 0.29) is 15.4 Å². The van der Waals surface area contributed by atoms with Crippen LogP contribution < -0.4 is 5.73 Å². The Bertz CT molecular complexity index is 148. The third-order valence-corrected chi connectivity index (χ3v) is 5.16. The van der Waals surface area contributed by atoms with Gasteiger partial charge in [-0.05, 0) is 25.3 Å². The molecule has 0 saturated carbocycles. The summed E-state index contributed by atoms with van der Waals surface area (Å²) in [6, 6.07) is 1.22. The molecular formula is C13H31NO2Si. The van der Waals surface area contributed by atoms with Crippen molar-refractivity contribution in [2.75, 3.05) is 19.8 Å². The highest BCUT2D eigenvalue weighted by molar-refractivity contribution is 6.36. The van der Waals surface area contributed by atoms with Crippen LogP contribution in [0.1, 0.15) is 46.5 Å². The summed E-state index contributed by atoms with van der Waals surface area (Å²) in [4.78, 5) is 0. The van der Waals surface area contributed by atoms with Gasteiger partial charge < -0.3 is 15.2 Å². The normalized spacial score (nSPS) is 13.9. The van der Waals surface area contributed by atoms with Crippen LogP contribution in [-0.2, 0) is 9.47 Å². The third kappa shape index (κ3) is 10.9. The Balaban J connectivity index is 3.75. The summed E-state index contributed by atoms with van der Waals surface area (Å²) in [5.74, 6) is 0.732. The van der Waals surface area contributed by atoms with Crippen molar-refractivity contribution in [3.05, 3.63) is 0 Å². The van der Waals surface area contributed by atoms with Gasteiger partial charge in [-0.3, -0.25) is 0 Å². The predicted octanol–water partition coefficient (Wildman–Crippen LogP) is 2.09. The molecule has 0 amide bonds. The zero-order valence-electron chi connectivity index (χ0n) is 11.9. The lowest BCUT2D eigenvalue weighted by Crippen LogP contribution is -2.28. The maximum atomic E-state index is 5.82. The first-order valence-electron chi connectivity index (χ1n) is 7.17. The molecule has 0 radical (unpaired) electrons. The summed E-state index contributed by atoms with van der Waals surface area (Å²) < 4.78 is 11.6. The molecule has 0 rings (SSSR count). The van der Waals surface area contributed by atoms with Gasteiger partial charge in [0.2, 0.25) is 0 Å². The van der Waals surface area contributed by atoms with Crippen molar-refractivity contribution in [2.45, 2.75) is 58.4 Å². The standard InChI is InChI=1S/C13H31NO2Si/c1-4-6-8-15-13(16-9-7-5-2)17-11-12(3)10-14/h12-13H,4-11,14,17H2,1-3H3. The fourth-order valence-corrected chi connectivity index (χ4v) is 3.22. The van der Waals surface area contributed by atoms with Crippen LogP contribution in [0, 0.1) is 5.92 Å². The van der Waals surface area contributed by atoms with Gasteiger partial charge in [0.25, 0.3) is 0 Å². The number of hydrogen-bond donors (Lipinski definition) is 1. The minimum atomic E-state index is -0.314. The number of ether oxygens (including phenoxy) is 2. The molecule has 0 aliphatic heterocycles. The number of nitrogens with two attached hydrogens (primary N) is 1. The van der Waals surface area contributed by atoms with E-state index in [1.54, 1.807) is 0 Å². The Labute approximate surface area is 109 Å². The first kappa shape index (κ1) is 17.1. The minimum Gasteiger partial charge on any atom is -0.357 e. The minimum absolute atomic E-state index is 0.113. The summed E-state index contributed by atoms with van der Waals surface area (Å²) >= 11 is 0. The van der Waals surface area contributed by atoms with Gasteiger partial charge >= 0.3 is 0 Å². The first-order chi connectivity index (χ1) is 8.24. The zero-order valence-corrected chi connectivity index (χ0v) is 13.3. The molecule has 0 heterocycles. The Morgan fingerprint density at radius 3 is 2.00 bits per heavy atom. The van der Waals surface area contributed by atoms with E-state index in [1.165, 1.54) is 18.9 Å². The molecule has 3 nitrogen and oxygen atoms in total. The molecule has 4 heteroatoms. The maximum absolute atomic E-state index is 5.82. The molecule has 0 aromatic heterocycles. The van der Waals surface area contributed by atoms with E-state index in [2.05, 4.69) is 20.8 Å². The van der Waals surface area contributed by atoms with Crippen LogP contribution in [-0.4, -0.2) is 35.2 Å². The van der Waals surface area contributed by atoms with Crippen molar-refractivity contribution in [3.63, 3.8) is 0 Å². The van der Waals surface area contributed by atoms with Gasteiger partial charge in [0, 0.05) is 13.2 Å². The van der Waals surface area contributed by atoms with E-state index in [4.69, 9.17) is 15.2 Å². The topological polar surface area (TPSA) is 44.5 Å². The lowest BCUT2D eigenvalue weighted by Gasteiger charge is -2.19. The molecule has 1 atom stereocenters. The van der Waals surface area contributed by atoms with Crippen LogP contribution in [0.2, 0.25) is 6.04 Å². The summed E-state index contributed by atoms with van der Waals surface area (Å²) in [5.41, 5.74) is 5.64.